The van der Waals surface area contributed by atoms with Crippen LogP contribution in [0.15, 0.2) is 0 Å². The van der Waals surface area contributed by atoms with Crippen LogP contribution in [-0.2, 0) is 9.53 Å². The second-order valence-corrected chi connectivity index (χ2v) is 4.24. The summed E-state index contributed by atoms with van der Waals surface area (Å²) in [6.07, 6.45) is -4.34. The average Bonchev–Trinajstić information content (AvgIpc) is 2.41. The van der Waals surface area contributed by atoms with Gasteiger partial charge in [-0.05, 0) is 13.0 Å². The SMILES string of the molecule is COC(=O)[C@]12CNC[C@H]1[C@H](C(F)(F)F)C2.Cl. The van der Waals surface area contributed by atoms with Crippen molar-refractivity contribution < 1.29 is 22.7 Å². The van der Waals surface area contributed by atoms with Gasteiger partial charge >= 0.3 is 12.1 Å². The summed E-state index contributed by atoms with van der Waals surface area (Å²) in [5.41, 5.74) is -0.922. The normalized spacial score (nSPS) is 37.0. The van der Waals surface area contributed by atoms with E-state index in [0.717, 1.165) is 0 Å². The van der Waals surface area contributed by atoms with Gasteiger partial charge in [0.15, 0.2) is 0 Å². The average molecular weight is 260 g/mol. The molecule has 0 bridgehead atoms. The molecule has 0 amide bonds. The van der Waals surface area contributed by atoms with E-state index in [1.807, 2.05) is 0 Å². The molecule has 1 N–H and O–H groups in total. The van der Waals surface area contributed by atoms with Crippen molar-refractivity contribution in [2.24, 2.45) is 17.3 Å². The Balaban J connectivity index is 0.00000128. The molecule has 1 saturated carbocycles. The lowest BCUT2D eigenvalue weighted by Crippen LogP contribution is -2.57. The lowest BCUT2D eigenvalue weighted by Gasteiger charge is -2.48. The molecule has 3 nitrogen and oxygen atoms in total. The number of hydrogen-bond acceptors (Lipinski definition) is 3. The Morgan fingerprint density at radius 3 is 2.62 bits per heavy atom. The summed E-state index contributed by atoms with van der Waals surface area (Å²) in [6, 6.07) is 0. The summed E-state index contributed by atoms with van der Waals surface area (Å²) >= 11 is 0. The van der Waals surface area contributed by atoms with Crippen molar-refractivity contribution in [3.8, 4) is 0 Å². The van der Waals surface area contributed by atoms with E-state index in [1.165, 1.54) is 7.11 Å². The third kappa shape index (κ3) is 1.68. The van der Waals surface area contributed by atoms with Crippen LogP contribution in [0.25, 0.3) is 0 Å². The maximum Gasteiger partial charge on any atom is 0.392 e. The maximum absolute atomic E-state index is 12.5. The number of carbonyl (C=O) groups is 1. The van der Waals surface area contributed by atoms with Gasteiger partial charge in [-0.1, -0.05) is 0 Å². The van der Waals surface area contributed by atoms with Crippen LogP contribution in [0.2, 0.25) is 0 Å². The molecule has 0 aromatic heterocycles. The summed E-state index contributed by atoms with van der Waals surface area (Å²) < 4.78 is 42.1. The predicted octanol–water partition coefficient (Wildman–Crippen LogP) is 1.37. The first-order chi connectivity index (χ1) is 6.92. The second kappa shape index (κ2) is 4.07. The lowest BCUT2D eigenvalue weighted by molar-refractivity contribution is -0.243. The molecule has 94 valence electrons. The van der Waals surface area contributed by atoms with E-state index in [2.05, 4.69) is 10.1 Å². The molecule has 1 aliphatic heterocycles. The molecular weight excluding hydrogens is 247 g/mol. The van der Waals surface area contributed by atoms with Gasteiger partial charge in [0, 0.05) is 12.5 Å². The maximum atomic E-state index is 12.5. The molecule has 1 aliphatic carbocycles. The zero-order valence-corrected chi connectivity index (χ0v) is 9.45. The van der Waals surface area contributed by atoms with Gasteiger partial charge in [0.05, 0.1) is 18.4 Å². The van der Waals surface area contributed by atoms with Crippen molar-refractivity contribution in [1.82, 2.24) is 5.32 Å². The number of fused-ring (bicyclic) bond motifs is 1. The number of halogens is 4. The van der Waals surface area contributed by atoms with E-state index < -0.39 is 29.4 Å². The van der Waals surface area contributed by atoms with E-state index >= 15 is 0 Å². The molecule has 0 aromatic rings. The summed E-state index contributed by atoms with van der Waals surface area (Å²) in [5.74, 6) is -2.52. The summed E-state index contributed by atoms with van der Waals surface area (Å²) in [7, 11) is 1.22. The zero-order valence-electron chi connectivity index (χ0n) is 8.63. The number of hydrogen-bond donors (Lipinski definition) is 1. The highest BCUT2D eigenvalue weighted by atomic mass is 35.5. The van der Waals surface area contributed by atoms with Gasteiger partial charge in [-0.25, -0.2) is 0 Å². The minimum Gasteiger partial charge on any atom is -0.469 e. The summed E-state index contributed by atoms with van der Waals surface area (Å²) in [5, 5.41) is 2.84. The third-order valence-electron chi connectivity index (χ3n) is 3.60. The van der Waals surface area contributed by atoms with Crippen LogP contribution in [0.1, 0.15) is 6.42 Å². The highest BCUT2D eigenvalue weighted by molar-refractivity contribution is 5.85. The van der Waals surface area contributed by atoms with Crippen LogP contribution in [-0.4, -0.2) is 32.3 Å². The molecule has 16 heavy (non-hydrogen) atoms. The van der Waals surface area contributed by atoms with Crippen LogP contribution < -0.4 is 5.32 Å². The Morgan fingerprint density at radius 1 is 1.50 bits per heavy atom. The van der Waals surface area contributed by atoms with E-state index in [9.17, 15) is 18.0 Å². The molecule has 0 aromatic carbocycles. The van der Waals surface area contributed by atoms with Crippen molar-refractivity contribution in [2.45, 2.75) is 12.6 Å². The van der Waals surface area contributed by atoms with Gasteiger partial charge in [-0.2, -0.15) is 13.2 Å². The summed E-state index contributed by atoms with van der Waals surface area (Å²) in [4.78, 5) is 11.4. The Kier molecular flexibility index (Phi) is 3.45. The number of methoxy groups -OCH3 is 1. The first-order valence-electron chi connectivity index (χ1n) is 4.77. The van der Waals surface area contributed by atoms with Crippen molar-refractivity contribution in [3.05, 3.63) is 0 Å². The number of carbonyl (C=O) groups excluding carboxylic acids is 1. The van der Waals surface area contributed by atoms with Gasteiger partial charge in [-0.3, -0.25) is 4.79 Å². The van der Waals surface area contributed by atoms with Gasteiger partial charge in [0.2, 0.25) is 0 Å². The molecule has 3 atom stereocenters. The zero-order chi connectivity index (χ0) is 11.3. The van der Waals surface area contributed by atoms with Gasteiger partial charge in [-0.15, -0.1) is 12.4 Å². The van der Waals surface area contributed by atoms with E-state index in [0.29, 0.717) is 6.54 Å². The standard InChI is InChI=1S/C9H12F3NO2.ClH/c1-15-7(14)8-2-5(9(10,11)12)6(8)3-13-4-8;/h5-6,13H,2-4H2,1H3;1H/t5-,6+,8-;/m1./s1. The van der Waals surface area contributed by atoms with E-state index in [4.69, 9.17) is 0 Å². The topological polar surface area (TPSA) is 38.3 Å². The number of nitrogens with one attached hydrogen (secondary N) is 1. The molecule has 2 fully saturated rings. The molecular formula is C9H13ClF3NO2. The van der Waals surface area contributed by atoms with E-state index in [1.54, 1.807) is 0 Å². The van der Waals surface area contributed by atoms with Gasteiger partial charge in [0.1, 0.15) is 0 Å². The molecule has 2 aliphatic rings. The van der Waals surface area contributed by atoms with Crippen molar-refractivity contribution >= 4 is 18.4 Å². The molecule has 7 heteroatoms. The van der Waals surface area contributed by atoms with Crippen molar-refractivity contribution in [3.63, 3.8) is 0 Å². The Bertz CT molecular complexity index is 297. The van der Waals surface area contributed by atoms with Crippen LogP contribution in [0.4, 0.5) is 13.2 Å². The highest BCUT2D eigenvalue weighted by Gasteiger charge is 2.68. The molecule has 1 saturated heterocycles. The quantitative estimate of drug-likeness (QED) is 0.723. The molecule has 0 radical (unpaired) electrons. The second-order valence-electron chi connectivity index (χ2n) is 4.24. The van der Waals surface area contributed by atoms with E-state index in [-0.39, 0.29) is 25.4 Å². The van der Waals surface area contributed by atoms with Crippen LogP contribution in [0.5, 0.6) is 0 Å². The molecule has 1 heterocycles. The lowest BCUT2D eigenvalue weighted by atomic mass is 9.55. The molecule has 0 spiro atoms. The first kappa shape index (κ1) is 13.6. The van der Waals surface area contributed by atoms with Crippen molar-refractivity contribution in [2.75, 3.05) is 20.2 Å². The minimum atomic E-state index is -4.20. The third-order valence-corrected chi connectivity index (χ3v) is 3.60. The number of alkyl halides is 3. The first-order valence-corrected chi connectivity index (χ1v) is 4.77. The molecule has 2 rings (SSSR count). The molecule has 0 unspecified atom stereocenters. The predicted molar refractivity (Wildman–Crippen MR) is 52.2 cm³/mol. The Morgan fingerprint density at radius 2 is 2.12 bits per heavy atom. The van der Waals surface area contributed by atoms with Crippen molar-refractivity contribution in [1.29, 1.82) is 0 Å². The van der Waals surface area contributed by atoms with Crippen LogP contribution in [0.3, 0.4) is 0 Å². The number of rotatable bonds is 1. The van der Waals surface area contributed by atoms with Gasteiger partial charge < -0.3 is 10.1 Å². The Labute approximate surface area is 97.1 Å². The Hall–Kier alpha value is -0.490. The monoisotopic (exact) mass is 259 g/mol. The van der Waals surface area contributed by atoms with Crippen LogP contribution >= 0.6 is 12.4 Å². The summed E-state index contributed by atoms with van der Waals surface area (Å²) in [6.45, 7) is 0.552. The fourth-order valence-electron chi connectivity index (χ4n) is 2.76. The largest absolute Gasteiger partial charge is 0.469 e. The van der Waals surface area contributed by atoms with Gasteiger partial charge in [0.25, 0.3) is 0 Å². The fourth-order valence-corrected chi connectivity index (χ4v) is 2.76. The number of esters is 1. The fraction of sp³-hybridized carbons (Fsp3) is 0.889. The number of ether oxygens (including phenoxy) is 1. The smallest absolute Gasteiger partial charge is 0.392 e. The minimum absolute atomic E-state index is 0. The highest BCUT2D eigenvalue weighted by Crippen LogP contribution is 2.59. The van der Waals surface area contributed by atoms with Crippen LogP contribution in [0, 0.1) is 17.3 Å².